The number of benzene rings is 1. The molecule has 0 unspecified atom stereocenters. The molecule has 2 aromatic heterocycles. The van der Waals surface area contributed by atoms with Gasteiger partial charge in [-0.25, -0.2) is 15.0 Å². The van der Waals surface area contributed by atoms with Crippen LogP contribution >= 0.6 is 11.6 Å². The van der Waals surface area contributed by atoms with E-state index in [2.05, 4.69) is 21.5 Å². The first kappa shape index (κ1) is 13.5. The number of halogens is 1. The Hall–Kier alpha value is -2.53. The van der Waals surface area contributed by atoms with Crippen molar-refractivity contribution < 1.29 is 0 Å². The number of aromatic nitrogens is 4. The average Bonchev–Trinajstić information content (AvgIpc) is 2.51. The normalized spacial score (nSPS) is 10.7. The van der Waals surface area contributed by atoms with Crippen LogP contribution in [0.25, 0.3) is 22.6 Å². The van der Waals surface area contributed by atoms with Gasteiger partial charge in [-0.05, 0) is 24.3 Å². The minimum Gasteiger partial charge on any atom is -0.287 e. The highest BCUT2D eigenvalue weighted by atomic mass is 35.5. The Bertz CT molecular complexity index is 871. The van der Waals surface area contributed by atoms with Crippen LogP contribution in [0.5, 0.6) is 0 Å². The highest BCUT2D eigenvalue weighted by Gasteiger charge is 2.13. The zero-order valence-electron chi connectivity index (χ0n) is 11.0. The van der Waals surface area contributed by atoms with E-state index >= 15 is 0 Å². The van der Waals surface area contributed by atoms with Gasteiger partial charge < -0.3 is 0 Å². The molecule has 0 aliphatic heterocycles. The van der Waals surface area contributed by atoms with E-state index in [-0.39, 0.29) is 11.1 Å². The standard InChI is InChI=1S/C15H11ClN4O/c1-2-9-20-14(10-3-5-11(16)6-4-10)19-13-12(15(20)21)17-7-8-18-13/h2-8H,1,9H2. The Labute approximate surface area is 125 Å². The number of hydrogen-bond donors (Lipinski definition) is 0. The van der Waals surface area contributed by atoms with Gasteiger partial charge in [-0.3, -0.25) is 9.36 Å². The molecule has 0 bridgehead atoms. The van der Waals surface area contributed by atoms with Gasteiger partial charge in [-0.2, -0.15) is 0 Å². The van der Waals surface area contributed by atoms with Crippen LogP contribution < -0.4 is 5.56 Å². The minimum atomic E-state index is -0.238. The minimum absolute atomic E-state index is 0.238. The lowest BCUT2D eigenvalue weighted by Gasteiger charge is -2.11. The molecule has 3 rings (SSSR count). The van der Waals surface area contributed by atoms with E-state index in [1.165, 1.54) is 17.0 Å². The smallest absolute Gasteiger partial charge is 0.282 e. The Morgan fingerprint density at radius 1 is 1.19 bits per heavy atom. The Morgan fingerprint density at radius 3 is 2.62 bits per heavy atom. The van der Waals surface area contributed by atoms with E-state index < -0.39 is 0 Å². The van der Waals surface area contributed by atoms with Crippen LogP contribution in [-0.2, 0) is 6.54 Å². The molecule has 5 nitrogen and oxygen atoms in total. The Balaban J connectivity index is 2.34. The second-order valence-corrected chi connectivity index (χ2v) is 4.81. The van der Waals surface area contributed by atoms with Crippen molar-refractivity contribution in [1.82, 2.24) is 19.5 Å². The first-order valence-electron chi connectivity index (χ1n) is 6.29. The van der Waals surface area contributed by atoms with Gasteiger partial charge in [-0.1, -0.05) is 17.7 Å². The van der Waals surface area contributed by atoms with E-state index in [9.17, 15) is 4.79 Å². The molecule has 0 amide bonds. The van der Waals surface area contributed by atoms with Gasteiger partial charge in [0.15, 0.2) is 11.2 Å². The summed E-state index contributed by atoms with van der Waals surface area (Å²) in [6.45, 7) is 4.02. The molecule has 3 aromatic rings. The highest BCUT2D eigenvalue weighted by molar-refractivity contribution is 6.30. The predicted molar refractivity (Wildman–Crippen MR) is 82.2 cm³/mol. The van der Waals surface area contributed by atoms with Crippen LogP contribution in [0.2, 0.25) is 5.02 Å². The zero-order chi connectivity index (χ0) is 14.8. The quantitative estimate of drug-likeness (QED) is 0.698. The van der Waals surface area contributed by atoms with Crippen molar-refractivity contribution in [3.8, 4) is 11.4 Å². The average molecular weight is 299 g/mol. The maximum absolute atomic E-state index is 12.5. The SMILES string of the molecule is C=CCn1c(-c2ccc(Cl)cc2)nc2nccnc2c1=O. The second kappa shape index (κ2) is 5.46. The molecule has 0 saturated carbocycles. The summed E-state index contributed by atoms with van der Waals surface area (Å²) < 4.78 is 1.52. The van der Waals surface area contributed by atoms with Crippen molar-refractivity contribution in [3.05, 3.63) is 64.7 Å². The third-order valence-electron chi connectivity index (χ3n) is 3.01. The molecule has 0 saturated heterocycles. The van der Waals surface area contributed by atoms with Gasteiger partial charge >= 0.3 is 0 Å². The third-order valence-corrected chi connectivity index (χ3v) is 3.26. The molecule has 21 heavy (non-hydrogen) atoms. The number of rotatable bonds is 3. The maximum atomic E-state index is 12.5. The molecule has 0 aliphatic rings. The van der Waals surface area contributed by atoms with Crippen molar-refractivity contribution in [2.75, 3.05) is 0 Å². The Kier molecular flexibility index (Phi) is 3.50. The van der Waals surface area contributed by atoms with Crippen molar-refractivity contribution in [2.45, 2.75) is 6.54 Å². The summed E-state index contributed by atoms with van der Waals surface area (Å²) in [4.78, 5) is 25.1. The molecule has 0 N–H and O–H groups in total. The lowest BCUT2D eigenvalue weighted by Crippen LogP contribution is -2.24. The van der Waals surface area contributed by atoms with E-state index in [0.29, 0.717) is 23.0 Å². The van der Waals surface area contributed by atoms with E-state index in [4.69, 9.17) is 11.6 Å². The summed E-state index contributed by atoms with van der Waals surface area (Å²) in [5.74, 6) is 0.518. The molecular weight excluding hydrogens is 288 g/mol. The van der Waals surface area contributed by atoms with Crippen LogP contribution in [0.3, 0.4) is 0 Å². The molecule has 0 atom stereocenters. The van der Waals surface area contributed by atoms with Gasteiger partial charge in [0, 0.05) is 29.5 Å². The molecule has 6 heteroatoms. The largest absolute Gasteiger partial charge is 0.287 e. The van der Waals surface area contributed by atoms with E-state index in [1.807, 2.05) is 12.1 Å². The summed E-state index contributed by atoms with van der Waals surface area (Å²) in [6, 6.07) is 7.13. The fourth-order valence-corrected chi connectivity index (χ4v) is 2.19. The summed E-state index contributed by atoms with van der Waals surface area (Å²) in [5, 5.41) is 0.622. The van der Waals surface area contributed by atoms with Crippen molar-refractivity contribution in [3.63, 3.8) is 0 Å². The summed E-state index contributed by atoms with van der Waals surface area (Å²) in [7, 11) is 0. The first-order chi connectivity index (χ1) is 10.2. The number of hydrogen-bond acceptors (Lipinski definition) is 4. The monoisotopic (exact) mass is 298 g/mol. The van der Waals surface area contributed by atoms with Crippen LogP contribution in [0.4, 0.5) is 0 Å². The molecule has 104 valence electrons. The topological polar surface area (TPSA) is 60.7 Å². The number of fused-ring (bicyclic) bond motifs is 1. The third kappa shape index (κ3) is 2.43. The fraction of sp³-hybridized carbons (Fsp3) is 0.0667. The molecular formula is C15H11ClN4O. The van der Waals surface area contributed by atoms with Crippen molar-refractivity contribution in [1.29, 1.82) is 0 Å². The number of nitrogens with zero attached hydrogens (tertiary/aromatic N) is 4. The molecule has 1 aromatic carbocycles. The van der Waals surface area contributed by atoms with Crippen molar-refractivity contribution >= 4 is 22.8 Å². The molecule has 0 radical (unpaired) electrons. The van der Waals surface area contributed by atoms with Gasteiger partial charge in [0.05, 0.1) is 0 Å². The fourth-order valence-electron chi connectivity index (χ4n) is 2.07. The lowest BCUT2D eigenvalue weighted by molar-refractivity contribution is 0.774. The highest BCUT2D eigenvalue weighted by Crippen LogP contribution is 2.20. The molecule has 0 fully saturated rings. The second-order valence-electron chi connectivity index (χ2n) is 4.38. The summed E-state index contributed by atoms with van der Waals surface area (Å²) >= 11 is 5.90. The number of allylic oxidation sites excluding steroid dienone is 1. The van der Waals surface area contributed by atoms with Crippen LogP contribution in [-0.4, -0.2) is 19.5 Å². The van der Waals surface area contributed by atoms with E-state index in [1.54, 1.807) is 18.2 Å². The van der Waals surface area contributed by atoms with Crippen molar-refractivity contribution in [2.24, 2.45) is 0 Å². The van der Waals surface area contributed by atoms with Crippen LogP contribution in [0.15, 0.2) is 54.1 Å². The van der Waals surface area contributed by atoms with Crippen LogP contribution in [0.1, 0.15) is 0 Å². The Morgan fingerprint density at radius 2 is 1.90 bits per heavy atom. The summed E-state index contributed by atoms with van der Waals surface area (Å²) in [6.07, 6.45) is 4.63. The first-order valence-corrected chi connectivity index (χ1v) is 6.67. The maximum Gasteiger partial charge on any atom is 0.282 e. The van der Waals surface area contributed by atoms with Gasteiger partial charge in [0.1, 0.15) is 5.82 Å². The van der Waals surface area contributed by atoms with Crippen LogP contribution in [0, 0.1) is 0 Å². The van der Waals surface area contributed by atoms with Gasteiger partial charge in [0.2, 0.25) is 0 Å². The molecule has 0 spiro atoms. The zero-order valence-corrected chi connectivity index (χ0v) is 11.8. The van der Waals surface area contributed by atoms with Gasteiger partial charge in [-0.15, -0.1) is 6.58 Å². The van der Waals surface area contributed by atoms with Gasteiger partial charge in [0.25, 0.3) is 5.56 Å². The molecule has 0 aliphatic carbocycles. The predicted octanol–water partition coefficient (Wildman–Crippen LogP) is 2.69. The lowest BCUT2D eigenvalue weighted by atomic mass is 10.2. The summed E-state index contributed by atoms with van der Waals surface area (Å²) in [5.41, 5.74) is 1.12. The van der Waals surface area contributed by atoms with E-state index in [0.717, 1.165) is 5.56 Å². The molecule has 2 heterocycles.